The van der Waals surface area contributed by atoms with E-state index in [2.05, 4.69) is 10.0 Å². The highest BCUT2D eigenvalue weighted by atomic mass is 32.2. The predicted molar refractivity (Wildman–Crippen MR) is 74.0 cm³/mol. The van der Waals surface area contributed by atoms with Gasteiger partial charge in [0.15, 0.2) is 0 Å². The van der Waals surface area contributed by atoms with Crippen LogP contribution in [0.3, 0.4) is 0 Å². The molecule has 0 spiro atoms. The van der Waals surface area contributed by atoms with Gasteiger partial charge in [-0.25, -0.2) is 13.1 Å². The molecule has 110 valence electrons. The summed E-state index contributed by atoms with van der Waals surface area (Å²) in [5.74, 6) is 0. The van der Waals surface area contributed by atoms with Crippen molar-refractivity contribution >= 4 is 15.7 Å². The molecule has 1 aliphatic carbocycles. The van der Waals surface area contributed by atoms with Gasteiger partial charge in [0, 0.05) is 30.8 Å². The first-order valence-electron chi connectivity index (χ1n) is 6.38. The van der Waals surface area contributed by atoms with Crippen molar-refractivity contribution in [1.82, 2.24) is 10.0 Å². The second kappa shape index (κ2) is 5.86. The van der Waals surface area contributed by atoms with Gasteiger partial charge >= 0.3 is 0 Å². The zero-order valence-corrected chi connectivity index (χ0v) is 11.9. The van der Waals surface area contributed by atoms with Crippen LogP contribution in [-0.4, -0.2) is 32.5 Å². The number of aryl methyl sites for hydroxylation is 1. The molecule has 1 saturated carbocycles. The van der Waals surface area contributed by atoms with Crippen LogP contribution in [0.4, 0.5) is 5.69 Å². The van der Waals surface area contributed by atoms with E-state index >= 15 is 0 Å². The fourth-order valence-corrected chi connectivity index (χ4v) is 2.84. The molecule has 7 nitrogen and oxygen atoms in total. The van der Waals surface area contributed by atoms with E-state index in [0.29, 0.717) is 18.2 Å². The molecule has 2 N–H and O–H groups in total. The molecule has 20 heavy (non-hydrogen) atoms. The van der Waals surface area contributed by atoms with Gasteiger partial charge in [0.05, 0.1) is 9.82 Å². The summed E-state index contributed by atoms with van der Waals surface area (Å²) in [7, 11) is -3.71. The minimum atomic E-state index is -3.71. The average molecular weight is 299 g/mol. The zero-order chi connectivity index (χ0) is 14.8. The number of nitro groups is 1. The van der Waals surface area contributed by atoms with Gasteiger partial charge in [-0.1, -0.05) is 6.07 Å². The van der Waals surface area contributed by atoms with Crippen LogP contribution in [0.15, 0.2) is 23.1 Å². The van der Waals surface area contributed by atoms with E-state index in [1.165, 1.54) is 12.1 Å². The van der Waals surface area contributed by atoms with Crippen molar-refractivity contribution in [2.24, 2.45) is 0 Å². The number of hydrogen-bond donors (Lipinski definition) is 2. The molecule has 0 aromatic heterocycles. The SMILES string of the molecule is Cc1ccc(S(=O)(=O)NCCNC2CC2)cc1[N+](=O)[O-]. The molecule has 0 heterocycles. The van der Waals surface area contributed by atoms with Gasteiger partial charge in [0.25, 0.3) is 5.69 Å². The molecule has 0 unspecified atom stereocenters. The molecule has 1 aromatic rings. The molecular formula is C12H17N3O4S. The Hall–Kier alpha value is -1.51. The van der Waals surface area contributed by atoms with Crippen LogP contribution in [0, 0.1) is 17.0 Å². The largest absolute Gasteiger partial charge is 0.313 e. The Labute approximate surface area is 117 Å². The van der Waals surface area contributed by atoms with Gasteiger partial charge < -0.3 is 5.32 Å². The van der Waals surface area contributed by atoms with Crippen molar-refractivity contribution in [2.45, 2.75) is 30.7 Å². The highest BCUT2D eigenvalue weighted by Crippen LogP contribution is 2.22. The molecular weight excluding hydrogens is 282 g/mol. The van der Waals surface area contributed by atoms with Crippen molar-refractivity contribution < 1.29 is 13.3 Å². The maximum Gasteiger partial charge on any atom is 0.273 e. The Bertz CT molecular complexity index is 611. The molecule has 0 saturated heterocycles. The first kappa shape index (κ1) is 14.9. The molecule has 8 heteroatoms. The lowest BCUT2D eigenvalue weighted by molar-refractivity contribution is -0.385. The summed E-state index contributed by atoms with van der Waals surface area (Å²) in [5, 5.41) is 14.0. The number of nitrogens with one attached hydrogen (secondary N) is 2. The Morgan fingerprint density at radius 1 is 1.35 bits per heavy atom. The monoisotopic (exact) mass is 299 g/mol. The molecule has 1 aromatic carbocycles. The lowest BCUT2D eigenvalue weighted by atomic mass is 10.2. The molecule has 1 fully saturated rings. The minimum Gasteiger partial charge on any atom is -0.313 e. The van der Waals surface area contributed by atoms with Crippen molar-refractivity contribution in [1.29, 1.82) is 0 Å². The predicted octanol–water partition coefficient (Wildman–Crippen LogP) is 0.934. The number of hydrogen-bond acceptors (Lipinski definition) is 5. The summed E-state index contributed by atoms with van der Waals surface area (Å²) in [5.41, 5.74) is 0.244. The summed E-state index contributed by atoms with van der Waals surface area (Å²) in [4.78, 5) is 10.2. The van der Waals surface area contributed by atoms with Crippen LogP contribution in [0.25, 0.3) is 0 Å². The first-order chi connectivity index (χ1) is 9.40. The van der Waals surface area contributed by atoms with Crippen LogP contribution in [0.2, 0.25) is 0 Å². The number of nitrogens with zero attached hydrogens (tertiary/aromatic N) is 1. The van der Waals surface area contributed by atoms with E-state index < -0.39 is 14.9 Å². The number of nitro benzene ring substituents is 1. The van der Waals surface area contributed by atoms with Gasteiger partial charge in [0.1, 0.15) is 0 Å². The number of benzene rings is 1. The van der Waals surface area contributed by atoms with Gasteiger partial charge in [-0.15, -0.1) is 0 Å². The quantitative estimate of drug-likeness (QED) is 0.443. The normalized spacial score (nSPS) is 15.2. The number of rotatable bonds is 7. The molecule has 0 amide bonds. The smallest absolute Gasteiger partial charge is 0.273 e. The van der Waals surface area contributed by atoms with Crippen LogP contribution in [0.5, 0.6) is 0 Å². The topological polar surface area (TPSA) is 101 Å². The van der Waals surface area contributed by atoms with E-state index in [9.17, 15) is 18.5 Å². The molecule has 0 bridgehead atoms. The second-order valence-electron chi connectivity index (χ2n) is 4.83. The summed E-state index contributed by atoms with van der Waals surface area (Å²) >= 11 is 0. The molecule has 0 radical (unpaired) electrons. The van der Waals surface area contributed by atoms with Gasteiger partial charge in [0.2, 0.25) is 10.0 Å². The summed E-state index contributed by atoms with van der Waals surface area (Å²) < 4.78 is 26.5. The third-order valence-corrected chi connectivity index (χ3v) is 4.57. The van der Waals surface area contributed by atoms with Gasteiger partial charge in [-0.05, 0) is 25.8 Å². The van der Waals surface area contributed by atoms with Crippen molar-refractivity contribution in [2.75, 3.05) is 13.1 Å². The highest BCUT2D eigenvalue weighted by molar-refractivity contribution is 7.89. The fraction of sp³-hybridized carbons (Fsp3) is 0.500. The van der Waals surface area contributed by atoms with Crippen molar-refractivity contribution in [3.63, 3.8) is 0 Å². The average Bonchev–Trinajstić information content (AvgIpc) is 3.18. The van der Waals surface area contributed by atoms with Crippen molar-refractivity contribution in [3.8, 4) is 0 Å². The maximum atomic E-state index is 12.0. The van der Waals surface area contributed by atoms with E-state index in [-0.39, 0.29) is 17.1 Å². The molecule has 0 aliphatic heterocycles. The summed E-state index contributed by atoms with van der Waals surface area (Å²) in [6.45, 7) is 2.39. The third-order valence-electron chi connectivity index (χ3n) is 3.12. The Morgan fingerprint density at radius 3 is 2.65 bits per heavy atom. The van der Waals surface area contributed by atoms with Crippen molar-refractivity contribution in [3.05, 3.63) is 33.9 Å². The Balaban J connectivity index is 2.03. The summed E-state index contributed by atoms with van der Waals surface area (Å²) in [6, 6.07) is 4.42. The lowest BCUT2D eigenvalue weighted by Crippen LogP contribution is -2.32. The minimum absolute atomic E-state index is 0.0822. The van der Waals surface area contributed by atoms with E-state index in [1.807, 2.05) is 0 Å². The van der Waals surface area contributed by atoms with Crippen LogP contribution in [0.1, 0.15) is 18.4 Å². The van der Waals surface area contributed by atoms with E-state index in [0.717, 1.165) is 18.9 Å². The molecule has 2 rings (SSSR count). The Kier molecular flexibility index (Phi) is 4.36. The molecule has 0 atom stereocenters. The van der Waals surface area contributed by atoms with Gasteiger partial charge in [-0.2, -0.15) is 0 Å². The summed E-state index contributed by atoms with van der Waals surface area (Å²) in [6.07, 6.45) is 2.27. The number of sulfonamides is 1. The Morgan fingerprint density at radius 2 is 2.05 bits per heavy atom. The zero-order valence-electron chi connectivity index (χ0n) is 11.1. The molecule has 1 aliphatic rings. The van der Waals surface area contributed by atoms with Crippen LogP contribution < -0.4 is 10.0 Å². The third kappa shape index (κ3) is 3.75. The maximum absolute atomic E-state index is 12.0. The lowest BCUT2D eigenvalue weighted by Gasteiger charge is -2.08. The fourth-order valence-electron chi connectivity index (χ4n) is 1.79. The van der Waals surface area contributed by atoms with E-state index in [1.54, 1.807) is 6.92 Å². The standard InChI is InChI=1S/C12H17N3O4S/c1-9-2-5-11(8-12(9)15(16)17)20(18,19)14-7-6-13-10-3-4-10/h2,5,8,10,13-14H,3-4,6-7H2,1H3. The van der Waals surface area contributed by atoms with E-state index in [4.69, 9.17) is 0 Å². The second-order valence-corrected chi connectivity index (χ2v) is 6.60. The van der Waals surface area contributed by atoms with Crippen LogP contribution in [-0.2, 0) is 10.0 Å². The van der Waals surface area contributed by atoms with Gasteiger partial charge in [-0.3, -0.25) is 10.1 Å². The first-order valence-corrected chi connectivity index (χ1v) is 7.86. The van der Waals surface area contributed by atoms with Crippen LogP contribution >= 0.6 is 0 Å². The highest BCUT2D eigenvalue weighted by Gasteiger charge is 2.21.